The summed E-state index contributed by atoms with van der Waals surface area (Å²) < 4.78 is 22.9. The number of carbonyl (C=O) groups excluding carboxylic acids is 2. The fourth-order valence-corrected chi connectivity index (χ4v) is 3.47. The number of hydrazone groups is 1. The number of rotatable bonds is 8. The molecule has 1 heterocycles. The monoisotopic (exact) mass is 539 g/mol. The Kier molecular flexibility index (Phi) is 7.84. The number of amides is 2. The predicted octanol–water partition coefficient (Wildman–Crippen LogP) is 3.53. The van der Waals surface area contributed by atoms with Crippen molar-refractivity contribution in [3.63, 3.8) is 0 Å². The molecule has 3 aromatic rings. The summed E-state index contributed by atoms with van der Waals surface area (Å²) in [6.07, 6.45) is 1.39. The van der Waals surface area contributed by atoms with E-state index in [1.165, 1.54) is 13.3 Å². The summed E-state index contributed by atoms with van der Waals surface area (Å²) in [5.41, 5.74) is 4.53. The second kappa shape index (κ2) is 11.4. The number of hydrogen-bond acceptors (Lipinski definition) is 7. The molecule has 1 aliphatic rings. The average molecular weight is 540 g/mol. The smallest absolute Gasteiger partial charge is 0.329 e. The zero-order valence-corrected chi connectivity index (χ0v) is 20.3. The van der Waals surface area contributed by atoms with Crippen LogP contribution in [0, 0.1) is 0 Å². The third-order valence-electron chi connectivity index (χ3n) is 4.99. The van der Waals surface area contributed by atoms with Crippen LogP contribution in [-0.2, 0) is 22.7 Å². The lowest BCUT2D eigenvalue weighted by atomic mass is 10.2. The highest BCUT2D eigenvalue weighted by molar-refractivity contribution is 9.10. The summed E-state index contributed by atoms with van der Waals surface area (Å²) in [5.74, 6) is 0.494. The number of halogens is 1. The Morgan fingerprint density at radius 1 is 1.03 bits per heavy atom. The Morgan fingerprint density at radius 3 is 2.60 bits per heavy atom. The van der Waals surface area contributed by atoms with E-state index in [0.29, 0.717) is 35.2 Å². The molecule has 35 heavy (non-hydrogen) atoms. The van der Waals surface area contributed by atoms with E-state index >= 15 is 0 Å². The molecular weight excluding hydrogens is 518 g/mol. The molecule has 0 aliphatic carbocycles. The maximum atomic E-state index is 12.1. The van der Waals surface area contributed by atoms with E-state index in [1.54, 1.807) is 36.4 Å². The summed E-state index contributed by atoms with van der Waals surface area (Å²) in [4.78, 5) is 24.3. The van der Waals surface area contributed by atoms with Crippen LogP contribution in [0.2, 0.25) is 0 Å². The van der Waals surface area contributed by atoms with Crippen LogP contribution in [0.15, 0.2) is 70.2 Å². The molecule has 1 aliphatic heterocycles. The number of methoxy groups -OCH3 is 1. The minimum atomic E-state index is -0.901. The van der Waals surface area contributed by atoms with Gasteiger partial charge in [-0.1, -0.05) is 40.2 Å². The van der Waals surface area contributed by atoms with Gasteiger partial charge in [-0.2, -0.15) is 5.10 Å². The van der Waals surface area contributed by atoms with Crippen LogP contribution in [-0.4, -0.2) is 31.9 Å². The Bertz CT molecular complexity index is 1250. The molecule has 9 nitrogen and oxygen atoms in total. The second-order valence-electron chi connectivity index (χ2n) is 7.36. The maximum Gasteiger partial charge on any atom is 0.329 e. The first kappa shape index (κ1) is 24.1. The zero-order valence-electron chi connectivity index (χ0n) is 18.7. The quantitative estimate of drug-likeness (QED) is 0.257. The Morgan fingerprint density at radius 2 is 1.80 bits per heavy atom. The number of para-hydroxylation sites is 1. The molecule has 10 heteroatoms. The molecule has 2 amide bonds. The summed E-state index contributed by atoms with van der Waals surface area (Å²) >= 11 is 3.41. The molecular formula is C25H22BrN3O6. The van der Waals surface area contributed by atoms with Gasteiger partial charge in [0.25, 0.3) is 0 Å². The molecule has 0 atom stereocenters. The highest BCUT2D eigenvalue weighted by Crippen LogP contribution is 2.32. The molecule has 180 valence electrons. The van der Waals surface area contributed by atoms with Crippen LogP contribution in [0.25, 0.3) is 0 Å². The summed E-state index contributed by atoms with van der Waals surface area (Å²) in [6, 6.07) is 18.3. The molecule has 0 aromatic heterocycles. The van der Waals surface area contributed by atoms with Crippen molar-refractivity contribution in [3.8, 4) is 23.0 Å². The lowest BCUT2D eigenvalue weighted by Crippen LogP contribution is -2.37. The van der Waals surface area contributed by atoms with E-state index < -0.39 is 11.8 Å². The number of ether oxygens (including phenoxy) is 4. The minimum absolute atomic E-state index is 0.149. The lowest BCUT2D eigenvalue weighted by molar-refractivity contribution is -0.139. The van der Waals surface area contributed by atoms with Gasteiger partial charge in [-0.05, 0) is 47.5 Å². The number of hydrogen-bond donors (Lipinski definition) is 2. The highest BCUT2D eigenvalue weighted by Gasteiger charge is 2.16. The van der Waals surface area contributed by atoms with Crippen molar-refractivity contribution in [2.45, 2.75) is 13.2 Å². The van der Waals surface area contributed by atoms with Crippen molar-refractivity contribution < 1.29 is 28.5 Å². The molecule has 0 saturated heterocycles. The van der Waals surface area contributed by atoms with Crippen LogP contribution in [0.5, 0.6) is 23.0 Å². The van der Waals surface area contributed by atoms with E-state index in [-0.39, 0.29) is 13.3 Å². The van der Waals surface area contributed by atoms with Gasteiger partial charge in [-0.25, -0.2) is 5.43 Å². The van der Waals surface area contributed by atoms with Crippen molar-refractivity contribution in [3.05, 3.63) is 81.8 Å². The van der Waals surface area contributed by atoms with Gasteiger partial charge in [0.1, 0.15) is 6.61 Å². The Balaban J connectivity index is 1.34. The molecule has 0 saturated carbocycles. The van der Waals surface area contributed by atoms with Crippen LogP contribution in [0.1, 0.15) is 16.7 Å². The van der Waals surface area contributed by atoms with Gasteiger partial charge < -0.3 is 24.3 Å². The number of carbonyl (C=O) groups is 2. The number of nitrogens with zero attached hydrogens (tertiary/aromatic N) is 1. The van der Waals surface area contributed by atoms with Gasteiger partial charge in [0, 0.05) is 16.6 Å². The summed E-state index contributed by atoms with van der Waals surface area (Å²) in [6.45, 7) is 0.621. The van der Waals surface area contributed by atoms with Crippen LogP contribution in [0.4, 0.5) is 0 Å². The maximum absolute atomic E-state index is 12.1. The normalized spacial score (nSPS) is 11.8. The Labute approximate surface area is 210 Å². The van der Waals surface area contributed by atoms with Gasteiger partial charge >= 0.3 is 11.8 Å². The van der Waals surface area contributed by atoms with Gasteiger partial charge in [0.2, 0.25) is 6.79 Å². The first-order valence-corrected chi connectivity index (χ1v) is 11.4. The van der Waals surface area contributed by atoms with Crippen molar-refractivity contribution >= 4 is 34.0 Å². The largest absolute Gasteiger partial charge is 0.493 e. The standard InChI is InChI=1S/C25H22BrN3O6/c1-32-21-4-2-3-18(23(21)33-14-16-5-8-19(26)9-6-16)13-28-29-25(31)24(30)27-12-17-7-10-20-22(11-17)35-15-34-20/h2-11,13H,12,14-15H2,1H3,(H,27,30)(H,29,31)/b28-13-. The highest BCUT2D eigenvalue weighted by atomic mass is 79.9. The lowest BCUT2D eigenvalue weighted by Gasteiger charge is -2.13. The summed E-state index contributed by atoms with van der Waals surface area (Å²) in [7, 11) is 1.54. The topological polar surface area (TPSA) is 107 Å². The predicted molar refractivity (Wildman–Crippen MR) is 132 cm³/mol. The molecule has 3 aromatic carbocycles. The number of nitrogens with one attached hydrogen (secondary N) is 2. The van der Waals surface area contributed by atoms with Crippen molar-refractivity contribution in [2.75, 3.05) is 13.9 Å². The third kappa shape index (κ3) is 6.30. The third-order valence-corrected chi connectivity index (χ3v) is 5.52. The first-order valence-electron chi connectivity index (χ1n) is 10.6. The molecule has 0 radical (unpaired) electrons. The van der Waals surface area contributed by atoms with Crippen LogP contribution in [0.3, 0.4) is 0 Å². The average Bonchev–Trinajstić information content (AvgIpc) is 3.35. The second-order valence-corrected chi connectivity index (χ2v) is 8.28. The molecule has 0 fully saturated rings. The van der Waals surface area contributed by atoms with Gasteiger partial charge in [-0.3, -0.25) is 9.59 Å². The summed E-state index contributed by atoms with van der Waals surface area (Å²) in [5, 5.41) is 6.45. The van der Waals surface area contributed by atoms with Gasteiger partial charge in [0.15, 0.2) is 23.0 Å². The van der Waals surface area contributed by atoms with Crippen LogP contribution >= 0.6 is 15.9 Å². The van der Waals surface area contributed by atoms with E-state index in [0.717, 1.165) is 15.6 Å². The fraction of sp³-hybridized carbons (Fsp3) is 0.160. The zero-order chi connectivity index (χ0) is 24.6. The van der Waals surface area contributed by atoms with Gasteiger partial charge in [-0.15, -0.1) is 0 Å². The van der Waals surface area contributed by atoms with E-state index in [9.17, 15) is 9.59 Å². The first-order chi connectivity index (χ1) is 17.0. The van der Waals surface area contributed by atoms with E-state index in [2.05, 4.69) is 31.8 Å². The molecule has 2 N–H and O–H groups in total. The fourth-order valence-electron chi connectivity index (χ4n) is 3.21. The molecule has 4 rings (SSSR count). The van der Waals surface area contributed by atoms with E-state index in [4.69, 9.17) is 18.9 Å². The van der Waals surface area contributed by atoms with Gasteiger partial charge in [0.05, 0.1) is 13.3 Å². The van der Waals surface area contributed by atoms with Crippen molar-refractivity contribution in [2.24, 2.45) is 5.10 Å². The number of fused-ring (bicyclic) bond motifs is 1. The van der Waals surface area contributed by atoms with Crippen molar-refractivity contribution in [1.29, 1.82) is 0 Å². The van der Waals surface area contributed by atoms with Crippen LogP contribution < -0.4 is 29.7 Å². The Hall–Kier alpha value is -4.05. The van der Waals surface area contributed by atoms with E-state index in [1.807, 2.05) is 24.3 Å². The SMILES string of the molecule is COc1cccc(/C=N\NC(=O)C(=O)NCc2ccc3c(c2)OCO3)c1OCc1ccc(Br)cc1. The molecule has 0 unspecified atom stereocenters. The molecule has 0 bridgehead atoms. The molecule has 0 spiro atoms. The minimum Gasteiger partial charge on any atom is -0.493 e. The van der Waals surface area contributed by atoms with Crippen molar-refractivity contribution in [1.82, 2.24) is 10.7 Å². The number of benzene rings is 3.